The van der Waals surface area contributed by atoms with Crippen LogP contribution < -0.4 is 14.8 Å². The number of carbonyl (C=O) groups excluding carboxylic acids is 1. The van der Waals surface area contributed by atoms with Crippen LogP contribution in [0.3, 0.4) is 0 Å². The first-order valence-corrected chi connectivity index (χ1v) is 8.38. The van der Waals surface area contributed by atoms with Gasteiger partial charge in [-0.3, -0.25) is 4.79 Å². The summed E-state index contributed by atoms with van der Waals surface area (Å²) in [5.74, 6) is 1.63. The minimum absolute atomic E-state index is 0.279. The summed E-state index contributed by atoms with van der Waals surface area (Å²) in [7, 11) is 0. The number of hydrogen-bond donors (Lipinski definition) is 1. The van der Waals surface area contributed by atoms with Crippen molar-refractivity contribution in [3.05, 3.63) is 66.5 Å². The van der Waals surface area contributed by atoms with Gasteiger partial charge in [0.2, 0.25) is 0 Å². The second-order valence-electron chi connectivity index (χ2n) is 5.83. The number of amides is 1. The van der Waals surface area contributed by atoms with Gasteiger partial charge in [-0.2, -0.15) is 0 Å². The molecule has 0 bridgehead atoms. The van der Waals surface area contributed by atoms with Crippen LogP contribution in [0.4, 0.5) is 5.69 Å². The van der Waals surface area contributed by atoms with E-state index in [1.807, 2.05) is 30.3 Å². The average Bonchev–Trinajstić information content (AvgIpc) is 2.94. The summed E-state index contributed by atoms with van der Waals surface area (Å²) in [6, 6.07) is 15.0. The molecule has 6 nitrogen and oxygen atoms in total. The number of rotatable bonds is 3. The molecule has 0 radical (unpaired) electrons. The van der Waals surface area contributed by atoms with Crippen molar-refractivity contribution in [2.75, 3.05) is 18.5 Å². The molecule has 0 fully saturated rings. The van der Waals surface area contributed by atoms with Crippen molar-refractivity contribution >= 4 is 11.6 Å². The van der Waals surface area contributed by atoms with E-state index in [1.165, 1.54) is 12.4 Å². The zero-order chi connectivity index (χ0) is 17.8. The molecule has 0 unspecified atom stereocenters. The number of ether oxygens (including phenoxy) is 2. The Bertz CT molecular complexity index is 911. The maximum Gasteiger partial charge on any atom is 0.258 e. The summed E-state index contributed by atoms with van der Waals surface area (Å²) in [4.78, 5) is 21.0. The van der Waals surface area contributed by atoms with E-state index >= 15 is 0 Å². The van der Waals surface area contributed by atoms with E-state index < -0.39 is 0 Å². The van der Waals surface area contributed by atoms with Crippen molar-refractivity contribution < 1.29 is 14.3 Å². The van der Waals surface area contributed by atoms with Crippen LogP contribution in [-0.4, -0.2) is 29.1 Å². The number of fused-ring (bicyclic) bond motifs is 1. The number of nitrogens with one attached hydrogen (secondary N) is 1. The summed E-state index contributed by atoms with van der Waals surface area (Å²) < 4.78 is 11.2. The van der Waals surface area contributed by atoms with E-state index in [9.17, 15) is 4.79 Å². The van der Waals surface area contributed by atoms with Crippen LogP contribution >= 0.6 is 0 Å². The van der Waals surface area contributed by atoms with Gasteiger partial charge in [0.25, 0.3) is 5.91 Å². The molecule has 0 spiro atoms. The van der Waals surface area contributed by atoms with Gasteiger partial charge in [0, 0.05) is 36.1 Å². The van der Waals surface area contributed by atoms with Gasteiger partial charge in [0.1, 0.15) is 0 Å². The Kier molecular flexibility index (Phi) is 4.47. The number of nitrogens with zero attached hydrogens (tertiary/aromatic N) is 2. The van der Waals surface area contributed by atoms with E-state index in [4.69, 9.17) is 9.47 Å². The van der Waals surface area contributed by atoms with Crippen LogP contribution in [-0.2, 0) is 0 Å². The highest BCUT2D eigenvalue weighted by atomic mass is 16.5. The van der Waals surface area contributed by atoms with E-state index in [-0.39, 0.29) is 5.91 Å². The maximum atomic E-state index is 12.4. The minimum atomic E-state index is -0.279. The van der Waals surface area contributed by atoms with Crippen molar-refractivity contribution in [2.45, 2.75) is 6.42 Å². The zero-order valence-corrected chi connectivity index (χ0v) is 14.0. The van der Waals surface area contributed by atoms with Crippen LogP contribution in [0.25, 0.3) is 11.4 Å². The van der Waals surface area contributed by atoms with E-state index in [1.54, 1.807) is 18.2 Å². The molecule has 1 amide bonds. The van der Waals surface area contributed by atoms with Gasteiger partial charge in [0.15, 0.2) is 17.3 Å². The summed E-state index contributed by atoms with van der Waals surface area (Å²) in [6.45, 7) is 1.23. The van der Waals surface area contributed by atoms with Gasteiger partial charge in [-0.15, -0.1) is 0 Å². The van der Waals surface area contributed by atoms with Gasteiger partial charge in [-0.1, -0.05) is 30.3 Å². The molecule has 2 heterocycles. The molecule has 1 aromatic heterocycles. The Morgan fingerprint density at radius 3 is 2.42 bits per heavy atom. The first-order chi connectivity index (χ1) is 12.8. The van der Waals surface area contributed by atoms with Gasteiger partial charge in [0.05, 0.1) is 18.8 Å². The van der Waals surface area contributed by atoms with Crippen molar-refractivity contribution in [1.29, 1.82) is 0 Å². The van der Waals surface area contributed by atoms with Gasteiger partial charge in [-0.25, -0.2) is 9.97 Å². The molecule has 1 aliphatic heterocycles. The number of hydrogen-bond acceptors (Lipinski definition) is 5. The Morgan fingerprint density at radius 1 is 0.923 bits per heavy atom. The third-order valence-electron chi connectivity index (χ3n) is 3.95. The molecular formula is C20H17N3O3. The molecule has 1 aliphatic rings. The normalized spacial score (nSPS) is 12.9. The topological polar surface area (TPSA) is 73.3 Å². The highest BCUT2D eigenvalue weighted by Gasteiger charge is 2.13. The van der Waals surface area contributed by atoms with Gasteiger partial charge < -0.3 is 14.8 Å². The monoisotopic (exact) mass is 347 g/mol. The third kappa shape index (κ3) is 3.49. The van der Waals surface area contributed by atoms with E-state index in [0.717, 1.165) is 12.0 Å². The number of benzene rings is 2. The summed E-state index contributed by atoms with van der Waals surface area (Å²) >= 11 is 0. The molecule has 0 aliphatic carbocycles. The van der Waals surface area contributed by atoms with E-state index in [0.29, 0.717) is 41.8 Å². The third-order valence-corrected chi connectivity index (χ3v) is 3.95. The highest BCUT2D eigenvalue weighted by Crippen LogP contribution is 2.32. The molecule has 2 aromatic carbocycles. The quantitative estimate of drug-likeness (QED) is 0.784. The zero-order valence-electron chi connectivity index (χ0n) is 14.0. The fraction of sp³-hybridized carbons (Fsp3) is 0.150. The smallest absolute Gasteiger partial charge is 0.258 e. The lowest BCUT2D eigenvalue weighted by atomic mass is 10.2. The van der Waals surface area contributed by atoms with Crippen molar-refractivity contribution in [1.82, 2.24) is 9.97 Å². The fourth-order valence-corrected chi connectivity index (χ4v) is 2.63. The first kappa shape index (κ1) is 16.1. The predicted molar refractivity (Wildman–Crippen MR) is 97.5 cm³/mol. The van der Waals surface area contributed by atoms with Gasteiger partial charge in [-0.05, 0) is 12.1 Å². The minimum Gasteiger partial charge on any atom is -0.490 e. The van der Waals surface area contributed by atoms with Crippen LogP contribution in [0, 0.1) is 0 Å². The second kappa shape index (κ2) is 7.23. The molecular weight excluding hydrogens is 330 g/mol. The van der Waals surface area contributed by atoms with Crippen LogP contribution in [0.1, 0.15) is 16.8 Å². The Labute approximate surface area is 150 Å². The average molecular weight is 347 g/mol. The number of aromatic nitrogens is 2. The standard InChI is InChI=1S/C20H17N3O3/c24-20(15-12-21-19(22-13-15)14-5-2-1-3-6-14)23-16-7-8-17-18(11-16)26-10-4-9-25-17/h1-3,5-8,11-13H,4,9-10H2,(H,23,24). The molecule has 0 saturated carbocycles. The van der Waals surface area contributed by atoms with Crippen molar-refractivity contribution in [3.8, 4) is 22.9 Å². The maximum absolute atomic E-state index is 12.4. The molecule has 4 rings (SSSR count). The van der Waals surface area contributed by atoms with Crippen molar-refractivity contribution in [2.24, 2.45) is 0 Å². The molecule has 6 heteroatoms. The number of carbonyl (C=O) groups is 1. The molecule has 3 aromatic rings. The Hall–Kier alpha value is -3.41. The molecule has 0 atom stereocenters. The second-order valence-corrected chi connectivity index (χ2v) is 5.83. The lowest BCUT2D eigenvalue weighted by Crippen LogP contribution is -2.13. The highest BCUT2D eigenvalue weighted by molar-refractivity contribution is 6.04. The number of anilines is 1. The molecule has 130 valence electrons. The SMILES string of the molecule is O=C(Nc1ccc2c(c1)OCCCO2)c1cnc(-c2ccccc2)nc1. The lowest BCUT2D eigenvalue weighted by Gasteiger charge is -2.10. The van der Waals surface area contributed by atoms with Crippen LogP contribution in [0.2, 0.25) is 0 Å². The molecule has 26 heavy (non-hydrogen) atoms. The van der Waals surface area contributed by atoms with E-state index in [2.05, 4.69) is 15.3 Å². The Balaban J connectivity index is 1.49. The van der Waals surface area contributed by atoms with Crippen LogP contribution in [0.15, 0.2) is 60.9 Å². The van der Waals surface area contributed by atoms with Gasteiger partial charge >= 0.3 is 0 Å². The lowest BCUT2D eigenvalue weighted by molar-refractivity contribution is 0.102. The Morgan fingerprint density at radius 2 is 1.65 bits per heavy atom. The molecule has 0 saturated heterocycles. The summed E-state index contributed by atoms with van der Waals surface area (Å²) in [5.41, 5.74) is 1.92. The van der Waals surface area contributed by atoms with Crippen LogP contribution in [0.5, 0.6) is 11.5 Å². The first-order valence-electron chi connectivity index (χ1n) is 8.38. The summed E-state index contributed by atoms with van der Waals surface area (Å²) in [6.07, 6.45) is 3.88. The molecule has 1 N–H and O–H groups in total. The largest absolute Gasteiger partial charge is 0.490 e. The summed E-state index contributed by atoms with van der Waals surface area (Å²) in [5, 5.41) is 2.83. The van der Waals surface area contributed by atoms with Crippen molar-refractivity contribution in [3.63, 3.8) is 0 Å². The fourth-order valence-electron chi connectivity index (χ4n) is 2.63. The predicted octanol–water partition coefficient (Wildman–Crippen LogP) is 3.56.